The van der Waals surface area contributed by atoms with Crippen molar-refractivity contribution >= 4 is 12.1 Å². The molecule has 6 heteroatoms. The van der Waals surface area contributed by atoms with Gasteiger partial charge in [-0.15, -0.1) is 0 Å². The number of likely N-dealkylation sites (tertiary alicyclic amines) is 1. The molecule has 2 N–H and O–H groups in total. The van der Waals surface area contributed by atoms with Crippen LogP contribution in [0.25, 0.3) is 0 Å². The summed E-state index contributed by atoms with van der Waals surface area (Å²) in [7, 11) is 0. The third-order valence-electron chi connectivity index (χ3n) is 3.85. The minimum Gasteiger partial charge on any atom is -0.444 e. The lowest BCUT2D eigenvalue weighted by Crippen LogP contribution is -2.44. The number of nitrogens with zero attached hydrogens (tertiary/aromatic N) is 2. The number of aliphatic imine (C=N–C) groups is 1. The van der Waals surface area contributed by atoms with Gasteiger partial charge in [-0.05, 0) is 59.3 Å². The van der Waals surface area contributed by atoms with Gasteiger partial charge in [-0.2, -0.15) is 0 Å². The first-order chi connectivity index (χ1) is 11.4. The first-order valence-electron chi connectivity index (χ1n) is 9.35. The molecule has 24 heavy (non-hydrogen) atoms. The van der Waals surface area contributed by atoms with Crippen molar-refractivity contribution < 1.29 is 9.53 Å². The maximum Gasteiger partial charge on any atom is 0.410 e. The molecule has 1 aliphatic heterocycles. The summed E-state index contributed by atoms with van der Waals surface area (Å²) in [4.78, 5) is 18.6. The van der Waals surface area contributed by atoms with Crippen LogP contribution in [0.1, 0.15) is 60.3 Å². The normalized spacial score (nSPS) is 19.1. The molecule has 1 aliphatic rings. The van der Waals surface area contributed by atoms with Crippen LogP contribution in [0, 0.1) is 5.92 Å². The van der Waals surface area contributed by atoms with Crippen LogP contribution in [0.5, 0.6) is 0 Å². The number of nitrogens with one attached hydrogen (secondary N) is 2. The largest absolute Gasteiger partial charge is 0.444 e. The highest BCUT2D eigenvalue weighted by Gasteiger charge is 2.27. The van der Waals surface area contributed by atoms with Crippen molar-refractivity contribution in [3.8, 4) is 0 Å². The van der Waals surface area contributed by atoms with Crippen molar-refractivity contribution in [1.82, 2.24) is 15.5 Å². The zero-order valence-corrected chi connectivity index (χ0v) is 16.2. The number of hydrogen-bond donors (Lipinski definition) is 2. The topological polar surface area (TPSA) is 66.0 Å². The van der Waals surface area contributed by atoms with Crippen molar-refractivity contribution in [2.24, 2.45) is 10.9 Å². The van der Waals surface area contributed by atoms with Gasteiger partial charge in [0.15, 0.2) is 5.96 Å². The molecular weight excluding hydrogens is 304 g/mol. The molecule has 1 saturated heterocycles. The third-order valence-corrected chi connectivity index (χ3v) is 3.85. The summed E-state index contributed by atoms with van der Waals surface area (Å²) in [5, 5.41) is 6.65. The lowest BCUT2D eigenvalue weighted by atomic mass is 9.95. The lowest BCUT2D eigenvalue weighted by molar-refractivity contribution is 0.0162. The predicted octanol–water partition coefficient (Wildman–Crippen LogP) is 2.99. The predicted molar refractivity (Wildman–Crippen MR) is 99.4 cm³/mol. The van der Waals surface area contributed by atoms with Crippen molar-refractivity contribution in [3.63, 3.8) is 0 Å². The number of rotatable bonds is 6. The van der Waals surface area contributed by atoms with Crippen LogP contribution in [0.4, 0.5) is 4.79 Å². The lowest BCUT2D eigenvalue weighted by Gasteiger charge is -2.34. The average Bonchev–Trinajstić information content (AvgIpc) is 2.51. The summed E-state index contributed by atoms with van der Waals surface area (Å²) >= 11 is 0. The SMILES string of the molecule is CCCN=C(NCC)NCCC1CCCN(C(=O)OC(C)(C)C)C1. The summed E-state index contributed by atoms with van der Waals surface area (Å²) < 4.78 is 5.49. The molecule has 1 heterocycles. The molecule has 0 aromatic heterocycles. The monoisotopic (exact) mass is 340 g/mol. The molecule has 1 unspecified atom stereocenters. The Morgan fingerprint density at radius 2 is 2.04 bits per heavy atom. The Hall–Kier alpha value is -1.46. The number of carbonyl (C=O) groups is 1. The maximum atomic E-state index is 12.2. The van der Waals surface area contributed by atoms with Gasteiger partial charge < -0.3 is 20.3 Å². The van der Waals surface area contributed by atoms with E-state index in [0.717, 1.165) is 57.9 Å². The number of carbonyl (C=O) groups excluding carboxylic acids is 1. The number of ether oxygens (including phenoxy) is 1. The van der Waals surface area contributed by atoms with E-state index in [1.807, 2.05) is 25.7 Å². The van der Waals surface area contributed by atoms with Crippen LogP contribution in [-0.4, -0.2) is 55.3 Å². The van der Waals surface area contributed by atoms with Gasteiger partial charge in [0.1, 0.15) is 5.60 Å². The Labute approximate surface area is 147 Å². The highest BCUT2D eigenvalue weighted by molar-refractivity contribution is 5.79. The van der Waals surface area contributed by atoms with Crippen LogP contribution in [0.2, 0.25) is 0 Å². The summed E-state index contributed by atoms with van der Waals surface area (Å²) in [6.07, 6.45) is 4.12. The molecule has 1 rings (SSSR count). The van der Waals surface area contributed by atoms with Crippen LogP contribution in [0.3, 0.4) is 0 Å². The first-order valence-corrected chi connectivity index (χ1v) is 9.35. The minimum atomic E-state index is -0.429. The fourth-order valence-electron chi connectivity index (χ4n) is 2.75. The molecule has 6 nitrogen and oxygen atoms in total. The molecule has 0 radical (unpaired) electrons. The molecule has 0 aliphatic carbocycles. The zero-order valence-electron chi connectivity index (χ0n) is 16.2. The number of guanidine groups is 1. The summed E-state index contributed by atoms with van der Waals surface area (Å²) in [5.41, 5.74) is -0.429. The van der Waals surface area contributed by atoms with Crippen LogP contribution in [-0.2, 0) is 4.74 Å². The zero-order chi connectivity index (χ0) is 18.0. The van der Waals surface area contributed by atoms with Crippen LogP contribution < -0.4 is 10.6 Å². The summed E-state index contributed by atoms with van der Waals surface area (Å²) in [6.45, 7) is 14.1. The quantitative estimate of drug-likeness (QED) is 0.576. The smallest absolute Gasteiger partial charge is 0.410 e. The molecular formula is C18H36N4O2. The van der Waals surface area contributed by atoms with Crippen molar-refractivity contribution in [2.45, 2.75) is 65.9 Å². The van der Waals surface area contributed by atoms with E-state index in [0.29, 0.717) is 5.92 Å². The van der Waals surface area contributed by atoms with Gasteiger partial charge in [0.2, 0.25) is 0 Å². The second-order valence-electron chi connectivity index (χ2n) is 7.41. The Morgan fingerprint density at radius 3 is 2.67 bits per heavy atom. The number of amides is 1. The van der Waals surface area contributed by atoms with E-state index in [-0.39, 0.29) is 6.09 Å². The minimum absolute atomic E-state index is 0.182. The molecule has 0 aromatic rings. The molecule has 1 atom stereocenters. The highest BCUT2D eigenvalue weighted by Crippen LogP contribution is 2.21. The van der Waals surface area contributed by atoms with E-state index in [2.05, 4.69) is 29.5 Å². The second-order valence-corrected chi connectivity index (χ2v) is 7.41. The van der Waals surface area contributed by atoms with E-state index < -0.39 is 5.60 Å². The Bertz CT molecular complexity index is 404. The number of piperidine rings is 1. The van der Waals surface area contributed by atoms with Crippen molar-refractivity contribution in [3.05, 3.63) is 0 Å². The van der Waals surface area contributed by atoms with Crippen LogP contribution >= 0.6 is 0 Å². The fraction of sp³-hybridized carbons (Fsp3) is 0.889. The Balaban J connectivity index is 2.38. The van der Waals surface area contributed by atoms with Gasteiger partial charge in [-0.3, -0.25) is 4.99 Å². The first kappa shape index (κ1) is 20.6. The van der Waals surface area contributed by atoms with E-state index in [1.54, 1.807) is 0 Å². The van der Waals surface area contributed by atoms with Gasteiger partial charge >= 0.3 is 6.09 Å². The standard InChI is InChI=1S/C18H36N4O2/c1-6-11-20-16(19-7-2)21-12-10-15-9-8-13-22(14-15)17(23)24-18(3,4)5/h15H,6-14H2,1-5H3,(H2,19,20,21). The summed E-state index contributed by atoms with van der Waals surface area (Å²) in [5.74, 6) is 1.41. The molecule has 140 valence electrons. The van der Waals surface area contributed by atoms with Gasteiger partial charge in [-0.1, -0.05) is 6.92 Å². The molecule has 0 bridgehead atoms. The summed E-state index contributed by atoms with van der Waals surface area (Å²) in [6, 6.07) is 0. The average molecular weight is 341 g/mol. The molecule has 1 amide bonds. The van der Waals surface area contributed by atoms with Gasteiger partial charge in [0, 0.05) is 32.7 Å². The fourth-order valence-corrected chi connectivity index (χ4v) is 2.75. The van der Waals surface area contributed by atoms with E-state index in [1.165, 1.54) is 6.42 Å². The van der Waals surface area contributed by atoms with Gasteiger partial charge in [0.05, 0.1) is 0 Å². The van der Waals surface area contributed by atoms with E-state index in [4.69, 9.17) is 4.74 Å². The third kappa shape index (κ3) is 8.41. The molecule has 0 spiro atoms. The van der Waals surface area contributed by atoms with E-state index >= 15 is 0 Å². The highest BCUT2D eigenvalue weighted by atomic mass is 16.6. The van der Waals surface area contributed by atoms with Gasteiger partial charge in [-0.25, -0.2) is 4.79 Å². The molecule has 0 aromatic carbocycles. The Morgan fingerprint density at radius 1 is 1.29 bits per heavy atom. The van der Waals surface area contributed by atoms with Gasteiger partial charge in [0.25, 0.3) is 0 Å². The van der Waals surface area contributed by atoms with Crippen molar-refractivity contribution in [2.75, 3.05) is 32.7 Å². The second kappa shape index (κ2) is 10.4. The molecule has 0 saturated carbocycles. The van der Waals surface area contributed by atoms with Crippen LogP contribution in [0.15, 0.2) is 4.99 Å². The number of hydrogen-bond acceptors (Lipinski definition) is 3. The maximum absolute atomic E-state index is 12.2. The van der Waals surface area contributed by atoms with Crippen molar-refractivity contribution in [1.29, 1.82) is 0 Å². The Kier molecular flexibility index (Phi) is 8.93. The van der Waals surface area contributed by atoms with E-state index in [9.17, 15) is 4.79 Å². The molecule has 1 fully saturated rings.